The van der Waals surface area contributed by atoms with Gasteiger partial charge in [-0.3, -0.25) is 9.59 Å². The molecule has 31 heavy (non-hydrogen) atoms. The lowest BCUT2D eigenvalue weighted by Gasteiger charge is -2.19. The molecule has 0 aliphatic carbocycles. The molecule has 3 aromatic carbocycles. The van der Waals surface area contributed by atoms with E-state index in [-0.39, 0.29) is 22.3 Å². The van der Waals surface area contributed by atoms with Crippen LogP contribution in [0.25, 0.3) is 0 Å². The largest absolute Gasteiger partial charge is 0.494 e. The Morgan fingerprint density at radius 2 is 1.35 bits per heavy atom. The summed E-state index contributed by atoms with van der Waals surface area (Å²) < 4.78 is 5.39. The average Bonchev–Trinajstić information content (AvgIpc) is 2.75. The minimum Gasteiger partial charge on any atom is -0.494 e. The molecule has 0 aromatic heterocycles. The lowest BCUT2D eigenvalue weighted by molar-refractivity contribution is 0.101. The number of rotatable bonds is 5. The van der Waals surface area contributed by atoms with Crippen molar-refractivity contribution in [2.45, 2.75) is 26.2 Å². The summed E-state index contributed by atoms with van der Waals surface area (Å²) >= 11 is 6.38. The first-order valence-corrected chi connectivity index (χ1v) is 10.2. The van der Waals surface area contributed by atoms with Crippen molar-refractivity contribution in [1.29, 1.82) is 0 Å². The van der Waals surface area contributed by atoms with E-state index in [1.807, 2.05) is 18.2 Å². The molecule has 3 aromatic rings. The second-order valence-electron chi connectivity index (χ2n) is 8.13. The molecule has 0 saturated carbocycles. The van der Waals surface area contributed by atoms with Gasteiger partial charge in [0.1, 0.15) is 5.75 Å². The molecule has 0 radical (unpaired) electrons. The zero-order chi connectivity index (χ0) is 22.6. The van der Waals surface area contributed by atoms with Gasteiger partial charge in [-0.1, -0.05) is 62.7 Å². The monoisotopic (exact) mass is 436 g/mol. The van der Waals surface area contributed by atoms with E-state index in [9.17, 15) is 9.59 Å². The van der Waals surface area contributed by atoms with E-state index in [0.29, 0.717) is 28.3 Å². The van der Waals surface area contributed by atoms with Crippen LogP contribution in [0.15, 0.2) is 66.7 Å². The quantitative estimate of drug-likeness (QED) is 0.504. The van der Waals surface area contributed by atoms with Crippen molar-refractivity contribution in [3.8, 4) is 5.75 Å². The molecule has 0 fully saturated rings. The molecule has 3 rings (SSSR count). The molecule has 0 bridgehead atoms. The lowest BCUT2D eigenvalue weighted by Crippen LogP contribution is -2.15. The van der Waals surface area contributed by atoms with Crippen LogP contribution in [0.3, 0.4) is 0 Å². The van der Waals surface area contributed by atoms with Crippen molar-refractivity contribution in [2.75, 3.05) is 17.7 Å². The van der Waals surface area contributed by atoms with E-state index < -0.39 is 0 Å². The first-order valence-electron chi connectivity index (χ1n) is 9.85. The summed E-state index contributed by atoms with van der Waals surface area (Å²) in [5, 5.41) is 5.88. The SMILES string of the molecule is COc1cc(NC(=O)c2ccc(C(C)(C)C)cc2)c(Cl)cc1NC(=O)c1ccccc1. The highest BCUT2D eigenvalue weighted by atomic mass is 35.5. The molecule has 0 aliphatic rings. The first-order chi connectivity index (χ1) is 14.7. The fourth-order valence-corrected chi connectivity index (χ4v) is 3.23. The molecule has 0 spiro atoms. The molecule has 0 heterocycles. The summed E-state index contributed by atoms with van der Waals surface area (Å²) in [6, 6.07) is 19.4. The summed E-state index contributed by atoms with van der Waals surface area (Å²) in [4.78, 5) is 25.2. The van der Waals surface area contributed by atoms with E-state index in [2.05, 4.69) is 31.4 Å². The Balaban J connectivity index is 1.79. The third-order valence-corrected chi connectivity index (χ3v) is 5.15. The van der Waals surface area contributed by atoms with Gasteiger partial charge in [-0.05, 0) is 41.3 Å². The first kappa shape index (κ1) is 22.4. The lowest BCUT2D eigenvalue weighted by atomic mass is 9.87. The molecule has 0 saturated heterocycles. The van der Waals surface area contributed by atoms with E-state index in [0.717, 1.165) is 5.56 Å². The number of hydrogen-bond donors (Lipinski definition) is 2. The van der Waals surface area contributed by atoms with Crippen molar-refractivity contribution in [3.05, 3.63) is 88.4 Å². The van der Waals surface area contributed by atoms with Crippen molar-refractivity contribution < 1.29 is 14.3 Å². The number of ether oxygens (including phenoxy) is 1. The van der Waals surface area contributed by atoms with Crippen LogP contribution in [-0.4, -0.2) is 18.9 Å². The number of amides is 2. The Morgan fingerprint density at radius 1 is 0.806 bits per heavy atom. The smallest absolute Gasteiger partial charge is 0.255 e. The molecule has 0 unspecified atom stereocenters. The molecule has 0 atom stereocenters. The number of carbonyl (C=O) groups is 2. The minimum atomic E-state index is -0.287. The highest BCUT2D eigenvalue weighted by Crippen LogP contribution is 2.35. The van der Waals surface area contributed by atoms with Gasteiger partial charge in [0.15, 0.2) is 0 Å². The molecule has 160 valence electrons. The summed E-state index contributed by atoms with van der Waals surface area (Å²) in [5.41, 5.74) is 2.98. The fraction of sp³-hybridized carbons (Fsp3) is 0.200. The van der Waals surface area contributed by atoms with Crippen molar-refractivity contribution in [2.24, 2.45) is 0 Å². The highest BCUT2D eigenvalue weighted by Gasteiger charge is 2.17. The number of nitrogens with one attached hydrogen (secondary N) is 2. The van der Waals surface area contributed by atoms with Crippen LogP contribution in [0.2, 0.25) is 5.02 Å². The second-order valence-corrected chi connectivity index (χ2v) is 8.54. The summed E-state index contributed by atoms with van der Waals surface area (Å²) in [6.07, 6.45) is 0. The molecule has 6 heteroatoms. The summed E-state index contributed by atoms with van der Waals surface area (Å²) in [5.74, 6) is -0.191. The maximum atomic E-state index is 12.7. The molecule has 0 aliphatic heterocycles. The van der Waals surface area contributed by atoms with Gasteiger partial charge in [0.05, 0.1) is 23.5 Å². The van der Waals surface area contributed by atoms with E-state index >= 15 is 0 Å². The van der Waals surface area contributed by atoms with Crippen LogP contribution < -0.4 is 15.4 Å². The number of anilines is 2. The van der Waals surface area contributed by atoms with E-state index in [1.54, 1.807) is 48.5 Å². The number of carbonyl (C=O) groups excluding carboxylic acids is 2. The Labute approximate surface area is 187 Å². The average molecular weight is 437 g/mol. The molecular formula is C25H25ClN2O3. The van der Waals surface area contributed by atoms with Gasteiger partial charge >= 0.3 is 0 Å². The van der Waals surface area contributed by atoms with Gasteiger partial charge in [-0.2, -0.15) is 0 Å². The van der Waals surface area contributed by atoms with Crippen molar-refractivity contribution >= 4 is 34.8 Å². The minimum absolute atomic E-state index is 0.00565. The van der Waals surface area contributed by atoms with Crippen LogP contribution in [0.4, 0.5) is 11.4 Å². The normalized spacial score (nSPS) is 11.0. The van der Waals surface area contributed by atoms with Crippen molar-refractivity contribution in [3.63, 3.8) is 0 Å². The third-order valence-electron chi connectivity index (χ3n) is 4.83. The Kier molecular flexibility index (Phi) is 6.66. The summed E-state index contributed by atoms with van der Waals surface area (Å²) in [6.45, 7) is 6.35. The zero-order valence-corrected chi connectivity index (χ0v) is 18.7. The van der Waals surface area contributed by atoms with Crippen molar-refractivity contribution in [1.82, 2.24) is 0 Å². The standard InChI is InChI=1S/C25H25ClN2O3/c1-25(2,3)18-12-10-17(11-13-18)24(30)27-20-15-22(31-4)21(14-19(20)26)28-23(29)16-8-6-5-7-9-16/h5-15H,1-4H3,(H,27,30)(H,28,29). The van der Waals surface area contributed by atoms with Gasteiger partial charge < -0.3 is 15.4 Å². The van der Waals surface area contributed by atoms with Crippen LogP contribution in [0.1, 0.15) is 47.1 Å². The number of halogens is 1. The second kappa shape index (κ2) is 9.23. The molecule has 5 nitrogen and oxygen atoms in total. The van der Waals surface area contributed by atoms with Crippen LogP contribution >= 0.6 is 11.6 Å². The maximum Gasteiger partial charge on any atom is 0.255 e. The Hall–Kier alpha value is -3.31. The number of hydrogen-bond acceptors (Lipinski definition) is 3. The maximum absolute atomic E-state index is 12.7. The van der Waals surface area contributed by atoms with Crippen LogP contribution in [0, 0.1) is 0 Å². The summed E-state index contributed by atoms with van der Waals surface area (Å²) in [7, 11) is 1.48. The molecule has 2 amide bonds. The fourth-order valence-electron chi connectivity index (χ4n) is 3.02. The van der Waals surface area contributed by atoms with E-state index in [1.165, 1.54) is 7.11 Å². The Bertz CT molecular complexity index is 1090. The van der Waals surface area contributed by atoms with Gasteiger partial charge in [-0.25, -0.2) is 0 Å². The van der Waals surface area contributed by atoms with Gasteiger partial charge in [0, 0.05) is 17.2 Å². The van der Waals surface area contributed by atoms with Gasteiger partial charge in [0.25, 0.3) is 11.8 Å². The zero-order valence-electron chi connectivity index (χ0n) is 18.0. The van der Waals surface area contributed by atoms with Crippen LogP contribution in [0.5, 0.6) is 5.75 Å². The Morgan fingerprint density at radius 3 is 1.90 bits per heavy atom. The molecule has 2 N–H and O–H groups in total. The number of benzene rings is 3. The van der Waals surface area contributed by atoms with Crippen LogP contribution in [-0.2, 0) is 5.41 Å². The highest BCUT2D eigenvalue weighted by molar-refractivity contribution is 6.34. The van der Waals surface area contributed by atoms with Gasteiger partial charge in [-0.15, -0.1) is 0 Å². The van der Waals surface area contributed by atoms with E-state index in [4.69, 9.17) is 16.3 Å². The predicted molar refractivity (Wildman–Crippen MR) is 125 cm³/mol. The topological polar surface area (TPSA) is 67.4 Å². The number of methoxy groups -OCH3 is 1. The third kappa shape index (κ3) is 5.44. The predicted octanol–water partition coefficient (Wildman–Crippen LogP) is 6.15. The van der Waals surface area contributed by atoms with Gasteiger partial charge in [0.2, 0.25) is 0 Å². The molecular weight excluding hydrogens is 412 g/mol.